The molecule has 2 atom stereocenters. The zero-order chi connectivity index (χ0) is 12.8. The van der Waals surface area contributed by atoms with Crippen LogP contribution in [0.2, 0.25) is 0 Å². The molecule has 0 aromatic rings. The lowest BCUT2D eigenvalue weighted by atomic mass is 9.97. The van der Waals surface area contributed by atoms with Gasteiger partial charge in [0.05, 0.1) is 12.1 Å². The Morgan fingerprint density at radius 1 is 1.11 bits per heavy atom. The topological polar surface area (TPSA) is 49.3 Å². The van der Waals surface area contributed by atoms with Gasteiger partial charge in [0, 0.05) is 6.42 Å². The molecule has 0 bridgehead atoms. The molecule has 104 valence electrons. The Bertz CT molecular complexity index is 267. The first kappa shape index (κ1) is 14.2. The molecule has 2 fully saturated rings. The van der Waals surface area contributed by atoms with Gasteiger partial charge in [-0.1, -0.05) is 19.3 Å². The second kappa shape index (κ2) is 7.39. The van der Waals surface area contributed by atoms with E-state index in [-0.39, 0.29) is 18.1 Å². The van der Waals surface area contributed by atoms with Crippen molar-refractivity contribution in [1.29, 1.82) is 0 Å². The van der Waals surface area contributed by atoms with Gasteiger partial charge in [0.25, 0.3) is 0 Å². The predicted molar refractivity (Wildman–Crippen MR) is 75.7 cm³/mol. The van der Waals surface area contributed by atoms with Crippen molar-refractivity contribution in [3.63, 3.8) is 0 Å². The molecular weight excluding hydrogens is 246 g/mol. The van der Waals surface area contributed by atoms with E-state index in [1.54, 1.807) is 0 Å². The molecule has 0 aromatic carbocycles. The summed E-state index contributed by atoms with van der Waals surface area (Å²) in [6, 6.07) is -0.00188. The first-order valence-electron chi connectivity index (χ1n) is 7.31. The van der Waals surface area contributed by atoms with Crippen molar-refractivity contribution in [1.82, 2.24) is 5.32 Å². The van der Waals surface area contributed by atoms with Crippen LogP contribution in [0.5, 0.6) is 0 Å². The summed E-state index contributed by atoms with van der Waals surface area (Å²) in [6.07, 6.45) is 7.84. The van der Waals surface area contributed by atoms with Gasteiger partial charge in [0.1, 0.15) is 0 Å². The Morgan fingerprint density at radius 3 is 2.61 bits per heavy atom. The smallest absolute Gasteiger partial charge is 0.220 e. The number of thioether (sulfide) groups is 1. The fraction of sp³-hybridized carbons (Fsp3) is 0.929. The van der Waals surface area contributed by atoms with E-state index in [0.717, 1.165) is 25.7 Å². The molecule has 4 heteroatoms. The minimum absolute atomic E-state index is 0.00188. The van der Waals surface area contributed by atoms with Crippen LogP contribution in [0.15, 0.2) is 0 Å². The maximum absolute atomic E-state index is 12.0. The van der Waals surface area contributed by atoms with Gasteiger partial charge in [-0.15, -0.1) is 0 Å². The molecule has 2 N–H and O–H groups in total. The third-order valence-corrected chi connectivity index (χ3v) is 5.19. The Kier molecular flexibility index (Phi) is 5.83. The minimum atomic E-state index is -0.335. The van der Waals surface area contributed by atoms with Crippen molar-refractivity contribution in [2.24, 2.45) is 5.92 Å². The van der Waals surface area contributed by atoms with Crippen molar-refractivity contribution >= 4 is 17.7 Å². The van der Waals surface area contributed by atoms with E-state index in [9.17, 15) is 9.90 Å². The molecule has 1 saturated carbocycles. The maximum Gasteiger partial charge on any atom is 0.220 e. The van der Waals surface area contributed by atoms with Crippen LogP contribution in [0, 0.1) is 5.92 Å². The van der Waals surface area contributed by atoms with Crippen LogP contribution in [0.1, 0.15) is 51.4 Å². The highest BCUT2D eigenvalue weighted by Crippen LogP contribution is 2.25. The summed E-state index contributed by atoms with van der Waals surface area (Å²) in [7, 11) is 0. The van der Waals surface area contributed by atoms with Gasteiger partial charge in [-0.25, -0.2) is 0 Å². The lowest BCUT2D eigenvalue weighted by Gasteiger charge is -2.25. The predicted octanol–water partition coefficient (Wildman–Crippen LogP) is 2.33. The van der Waals surface area contributed by atoms with Crippen LogP contribution in [0.25, 0.3) is 0 Å². The number of carbonyl (C=O) groups excluding carboxylic acids is 1. The first-order chi connectivity index (χ1) is 8.75. The largest absolute Gasteiger partial charge is 0.391 e. The Labute approximate surface area is 114 Å². The summed E-state index contributed by atoms with van der Waals surface area (Å²) in [6.45, 7) is 0. The van der Waals surface area contributed by atoms with Crippen molar-refractivity contribution < 1.29 is 9.90 Å². The van der Waals surface area contributed by atoms with E-state index in [1.165, 1.54) is 30.8 Å². The quantitative estimate of drug-likeness (QED) is 0.775. The summed E-state index contributed by atoms with van der Waals surface area (Å²) < 4.78 is 0. The lowest BCUT2D eigenvalue weighted by molar-refractivity contribution is -0.123. The Balaban J connectivity index is 1.74. The third-order valence-electron chi connectivity index (χ3n) is 4.14. The van der Waals surface area contributed by atoms with Gasteiger partial charge in [-0.05, 0) is 43.1 Å². The number of hydrogen-bond donors (Lipinski definition) is 2. The van der Waals surface area contributed by atoms with E-state index >= 15 is 0 Å². The number of carbonyl (C=O) groups is 1. The number of rotatable bonds is 3. The van der Waals surface area contributed by atoms with E-state index < -0.39 is 0 Å². The maximum atomic E-state index is 12.0. The molecule has 1 amide bonds. The summed E-state index contributed by atoms with van der Waals surface area (Å²) in [5.41, 5.74) is 0. The fourth-order valence-electron chi connectivity index (χ4n) is 2.93. The molecule has 0 aromatic heterocycles. The van der Waals surface area contributed by atoms with Crippen LogP contribution < -0.4 is 5.32 Å². The van der Waals surface area contributed by atoms with E-state index in [2.05, 4.69) is 5.32 Å². The van der Waals surface area contributed by atoms with Crippen molar-refractivity contribution in [2.45, 2.75) is 63.5 Å². The number of hydrogen-bond acceptors (Lipinski definition) is 3. The minimum Gasteiger partial charge on any atom is -0.391 e. The number of amides is 1. The van der Waals surface area contributed by atoms with E-state index in [0.29, 0.717) is 12.3 Å². The normalized spacial score (nSPS) is 30.7. The van der Waals surface area contributed by atoms with Crippen molar-refractivity contribution in [2.75, 3.05) is 11.5 Å². The highest BCUT2D eigenvalue weighted by atomic mass is 32.2. The number of nitrogens with one attached hydrogen (secondary N) is 1. The molecule has 1 saturated heterocycles. The van der Waals surface area contributed by atoms with E-state index in [4.69, 9.17) is 0 Å². The molecule has 3 nitrogen and oxygen atoms in total. The van der Waals surface area contributed by atoms with Crippen LogP contribution in [-0.2, 0) is 4.79 Å². The molecule has 0 radical (unpaired) electrons. The first-order valence-corrected chi connectivity index (χ1v) is 8.46. The lowest BCUT2D eigenvalue weighted by Crippen LogP contribution is -2.43. The summed E-state index contributed by atoms with van der Waals surface area (Å²) in [4.78, 5) is 12.0. The average Bonchev–Trinajstić information content (AvgIpc) is 2.56. The molecule has 2 rings (SSSR count). The molecule has 1 aliphatic heterocycles. The highest BCUT2D eigenvalue weighted by molar-refractivity contribution is 7.99. The SMILES string of the molecule is O=C(CC1CCSCC1)NC1CCCCCC1O. The van der Waals surface area contributed by atoms with Crippen molar-refractivity contribution in [3.05, 3.63) is 0 Å². The summed E-state index contributed by atoms with van der Waals surface area (Å²) in [5.74, 6) is 3.11. The molecule has 2 unspecified atom stereocenters. The second-order valence-corrected chi connectivity index (χ2v) is 6.86. The summed E-state index contributed by atoms with van der Waals surface area (Å²) in [5, 5.41) is 13.0. The summed E-state index contributed by atoms with van der Waals surface area (Å²) >= 11 is 1.99. The van der Waals surface area contributed by atoms with E-state index in [1.807, 2.05) is 11.8 Å². The standard InChI is InChI=1S/C14H25NO2S/c16-13-5-3-1-2-4-12(13)15-14(17)10-11-6-8-18-9-7-11/h11-13,16H,1-10H2,(H,15,17). The molecule has 0 spiro atoms. The van der Waals surface area contributed by atoms with Gasteiger partial charge in [0.2, 0.25) is 5.91 Å². The number of aliphatic hydroxyl groups is 1. The van der Waals surface area contributed by atoms with Crippen molar-refractivity contribution in [3.8, 4) is 0 Å². The molecule has 1 heterocycles. The molecular formula is C14H25NO2S. The second-order valence-electron chi connectivity index (χ2n) is 5.64. The van der Waals surface area contributed by atoms with Gasteiger partial charge in [0.15, 0.2) is 0 Å². The molecule has 18 heavy (non-hydrogen) atoms. The number of aliphatic hydroxyl groups excluding tert-OH is 1. The average molecular weight is 271 g/mol. The van der Waals surface area contributed by atoms with Crippen LogP contribution in [0.3, 0.4) is 0 Å². The van der Waals surface area contributed by atoms with Crippen LogP contribution >= 0.6 is 11.8 Å². The van der Waals surface area contributed by atoms with Crippen LogP contribution in [0.4, 0.5) is 0 Å². The Morgan fingerprint density at radius 2 is 1.83 bits per heavy atom. The molecule has 1 aliphatic carbocycles. The zero-order valence-corrected chi connectivity index (χ0v) is 11.9. The van der Waals surface area contributed by atoms with Gasteiger partial charge < -0.3 is 10.4 Å². The fourth-order valence-corrected chi connectivity index (χ4v) is 4.14. The van der Waals surface area contributed by atoms with Gasteiger partial charge in [-0.3, -0.25) is 4.79 Å². The molecule has 2 aliphatic rings. The monoisotopic (exact) mass is 271 g/mol. The third kappa shape index (κ3) is 4.47. The zero-order valence-electron chi connectivity index (χ0n) is 11.1. The van der Waals surface area contributed by atoms with Gasteiger partial charge in [-0.2, -0.15) is 11.8 Å². The van der Waals surface area contributed by atoms with Crippen LogP contribution in [-0.4, -0.2) is 34.7 Å². The van der Waals surface area contributed by atoms with Gasteiger partial charge >= 0.3 is 0 Å². The highest BCUT2D eigenvalue weighted by Gasteiger charge is 2.24. The Hall–Kier alpha value is -0.220.